The molecule has 612 valence electrons. The SMILES string of the molecule is Cc1cc(C)cc(N(c2cc(C)cc(C)c2)c2ccc3c(c2)c2ccccc2c2c(-c4ccccc4)cc(-c4ccc(-c5cccc6ccccc56)cc4)c(-c4ccccc4)c32)c1.c1ccc(-c2cc(-c3ccc(-c4cccc5ccccc45)cc3)c(-c3ccccc3)c3c4ccc(N(c5cccc6ccccc56)c5cccc6ccccc56)cc4c4ccccc4c23)cc1. The van der Waals surface area contributed by atoms with Gasteiger partial charge < -0.3 is 9.80 Å². The number of nitrogens with zero attached hydrogens (tertiary/aromatic N) is 2. The molecule has 0 aliphatic heterocycles. The summed E-state index contributed by atoms with van der Waals surface area (Å²) in [4.78, 5) is 4.92. The lowest BCUT2D eigenvalue weighted by molar-refractivity contribution is 1.24. The molecule has 0 amide bonds. The first-order chi connectivity index (χ1) is 64.1. The maximum atomic E-state index is 2.48. The minimum Gasteiger partial charge on any atom is -0.310 e. The Hall–Kier alpha value is -16.5. The fraction of sp³-hybridized carbons (Fsp3) is 0.0312. The molecule has 0 fully saturated rings. The van der Waals surface area contributed by atoms with E-state index in [1.165, 1.54) is 219 Å². The first-order valence-corrected chi connectivity index (χ1v) is 45.2. The van der Waals surface area contributed by atoms with Crippen molar-refractivity contribution in [3.05, 3.63) is 495 Å². The van der Waals surface area contributed by atoms with Crippen molar-refractivity contribution >= 4 is 142 Å². The lowest BCUT2D eigenvalue weighted by Crippen LogP contribution is -2.11. The maximum absolute atomic E-state index is 2.48. The Balaban J connectivity index is 0.000000148. The topological polar surface area (TPSA) is 6.48 Å². The molecule has 0 saturated heterocycles. The minimum absolute atomic E-state index is 1.11. The van der Waals surface area contributed by atoms with E-state index in [-0.39, 0.29) is 0 Å². The third-order valence-corrected chi connectivity index (χ3v) is 26.5. The van der Waals surface area contributed by atoms with Crippen LogP contribution in [-0.4, -0.2) is 0 Å². The fourth-order valence-electron chi connectivity index (χ4n) is 21.0. The molecule has 0 aromatic heterocycles. The van der Waals surface area contributed by atoms with Crippen LogP contribution in [0.4, 0.5) is 34.1 Å². The third kappa shape index (κ3) is 14.0. The van der Waals surface area contributed by atoms with Crippen LogP contribution in [0.2, 0.25) is 0 Å². The zero-order valence-corrected chi connectivity index (χ0v) is 72.9. The van der Waals surface area contributed by atoms with E-state index in [1.54, 1.807) is 0 Å². The summed E-state index contributed by atoms with van der Waals surface area (Å²) in [6.45, 7) is 8.78. The maximum Gasteiger partial charge on any atom is 0.0540 e. The van der Waals surface area contributed by atoms with E-state index in [0.29, 0.717) is 0 Å². The number of hydrogen-bond acceptors (Lipinski definition) is 2. The molecule has 24 aromatic carbocycles. The summed E-state index contributed by atoms with van der Waals surface area (Å²) in [7, 11) is 0. The predicted octanol–water partition coefficient (Wildman–Crippen LogP) is 36.4. The van der Waals surface area contributed by atoms with Crippen LogP contribution in [0, 0.1) is 27.7 Å². The Labute approximate surface area is 758 Å². The summed E-state index contributed by atoms with van der Waals surface area (Å²) in [5.41, 5.74) is 31.2. The van der Waals surface area contributed by atoms with Crippen LogP contribution in [0.1, 0.15) is 22.3 Å². The van der Waals surface area contributed by atoms with Gasteiger partial charge in [0.1, 0.15) is 0 Å². The van der Waals surface area contributed by atoms with E-state index in [9.17, 15) is 0 Å². The Morgan fingerprint density at radius 3 is 0.777 bits per heavy atom. The zero-order chi connectivity index (χ0) is 86.9. The van der Waals surface area contributed by atoms with E-state index in [1.807, 2.05) is 0 Å². The summed E-state index contributed by atoms with van der Waals surface area (Å²) in [6, 6.07) is 175. The number of hydrogen-bond donors (Lipinski definition) is 0. The Bertz CT molecular complexity index is 8360. The van der Waals surface area contributed by atoms with Crippen LogP contribution < -0.4 is 9.80 Å². The minimum atomic E-state index is 1.11. The highest BCUT2D eigenvalue weighted by molar-refractivity contribution is 6.35. The van der Waals surface area contributed by atoms with Crippen molar-refractivity contribution < 1.29 is 0 Å². The molecule has 0 unspecified atom stereocenters. The third-order valence-electron chi connectivity index (χ3n) is 26.5. The van der Waals surface area contributed by atoms with Gasteiger partial charge in [0.25, 0.3) is 0 Å². The molecular formula is C128H90N2. The van der Waals surface area contributed by atoms with Crippen molar-refractivity contribution in [2.75, 3.05) is 9.80 Å². The Morgan fingerprint density at radius 2 is 0.408 bits per heavy atom. The van der Waals surface area contributed by atoms with Crippen molar-refractivity contribution in [1.82, 2.24) is 0 Å². The molecule has 0 bridgehead atoms. The molecule has 0 heterocycles. The van der Waals surface area contributed by atoms with Crippen molar-refractivity contribution in [1.29, 1.82) is 0 Å². The van der Waals surface area contributed by atoms with E-state index >= 15 is 0 Å². The van der Waals surface area contributed by atoms with Gasteiger partial charge in [0.05, 0.1) is 11.4 Å². The van der Waals surface area contributed by atoms with E-state index < -0.39 is 0 Å². The fourth-order valence-corrected chi connectivity index (χ4v) is 21.0. The van der Waals surface area contributed by atoms with Gasteiger partial charge in [-0.05, 0) is 309 Å². The van der Waals surface area contributed by atoms with Crippen LogP contribution in [-0.2, 0) is 0 Å². The van der Waals surface area contributed by atoms with Crippen LogP contribution in [0.25, 0.3) is 197 Å². The number of anilines is 6. The summed E-state index contributed by atoms with van der Waals surface area (Å²) in [6.07, 6.45) is 0. The molecule has 130 heavy (non-hydrogen) atoms. The normalized spacial score (nSPS) is 11.5. The van der Waals surface area contributed by atoms with Crippen LogP contribution in [0.3, 0.4) is 0 Å². The van der Waals surface area contributed by atoms with Crippen molar-refractivity contribution in [2.24, 2.45) is 0 Å². The first-order valence-electron chi connectivity index (χ1n) is 45.2. The van der Waals surface area contributed by atoms with E-state index in [0.717, 1.165) is 34.1 Å². The summed E-state index contributed by atoms with van der Waals surface area (Å²) in [5.74, 6) is 0. The lowest BCUT2D eigenvalue weighted by atomic mass is 9.81. The molecule has 0 atom stereocenters. The van der Waals surface area contributed by atoms with Crippen molar-refractivity contribution in [3.8, 4) is 89.0 Å². The summed E-state index contributed by atoms with van der Waals surface area (Å²) in [5, 5.41) is 24.8. The average Bonchev–Trinajstić information content (AvgIpc) is 0.704. The molecular weight excluding hydrogens is 1570 g/mol. The van der Waals surface area contributed by atoms with Crippen molar-refractivity contribution in [3.63, 3.8) is 0 Å². The Kier molecular flexibility index (Phi) is 19.9. The molecule has 0 radical (unpaired) electrons. The number of benzene rings is 24. The molecule has 24 aromatic rings. The number of aryl methyl sites for hydroxylation is 4. The van der Waals surface area contributed by atoms with E-state index in [2.05, 4.69) is 511 Å². The van der Waals surface area contributed by atoms with Gasteiger partial charge >= 0.3 is 0 Å². The highest BCUT2D eigenvalue weighted by atomic mass is 15.1. The van der Waals surface area contributed by atoms with Gasteiger partial charge in [-0.15, -0.1) is 0 Å². The van der Waals surface area contributed by atoms with Crippen LogP contribution in [0.5, 0.6) is 0 Å². The van der Waals surface area contributed by atoms with Gasteiger partial charge in [-0.1, -0.05) is 400 Å². The van der Waals surface area contributed by atoms with Gasteiger partial charge in [-0.25, -0.2) is 0 Å². The van der Waals surface area contributed by atoms with E-state index in [4.69, 9.17) is 0 Å². The molecule has 0 aliphatic carbocycles. The molecule has 0 spiro atoms. The molecule has 2 heteroatoms. The van der Waals surface area contributed by atoms with Crippen molar-refractivity contribution in [2.45, 2.75) is 27.7 Å². The second-order valence-corrected chi connectivity index (χ2v) is 34.8. The van der Waals surface area contributed by atoms with Gasteiger partial charge in [0, 0.05) is 33.5 Å². The van der Waals surface area contributed by atoms with Crippen LogP contribution in [0.15, 0.2) is 473 Å². The standard InChI is InChI=1S/C66H43N.C62H47N/c1-3-18-47(19-4-1)60-43-59(49-38-36-48(37-39-49)53-33-15-25-44-20-7-10-28-52(44)53)64(50-23-5-2-6-24-50)66-58-41-40-51(42-61(58)56-31-13-14-32-57(56)65(60)66)67(62-34-16-26-45-21-8-11-29-54(45)62)63-35-17-27-46-22-9-12-30-55(46)63;1-40-32-41(2)35-50(34-40)63(51-36-42(3)33-43(4)37-51)49-30-31-56-59(38-49)54-23-13-14-24-55(54)61-58(45-16-7-5-8-17-45)39-57(60(62(56)61)48-19-9-6-10-20-48)47-28-26-46(27-29-47)53-25-15-21-44-18-11-12-22-52(44)53/h1-43H;5-39H,1-4H3. The molecule has 24 rings (SSSR count). The Morgan fingerprint density at radius 1 is 0.138 bits per heavy atom. The average molecular weight is 1660 g/mol. The predicted molar refractivity (Wildman–Crippen MR) is 560 cm³/mol. The monoisotopic (exact) mass is 1650 g/mol. The quantitative estimate of drug-likeness (QED) is 0.100. The van der Waals surface area contributed by atoms with Gasteiger partial charge in [0.15, 0.2) is 0 Å². The molecule has 0 aliphatic rings. The smallest absolute Gasteiger partial charge is 0.0540 e. The molecule has 0 N–H and O–H groups in total. The van der Waals surface area contributed by atoms with Crippen LogP contribution >= 0.6 is 0 Å². The second kappa shape index (κ2) is 33.1. The second-order valence-electron chi connectivity index (χ2n) is 34.8. The summed E-state index contributed by atoms with van der Waals surface area (Å²) >= 11 is 0. The van der Waals surface area contributed by atoms with Gasteiger partial charge in [-0.3, -0.25) is 0 Å². The number of fused-ring (bicyclic) bond motifs is 16. The highest BCUT2D eigenvalue weighted by Crippen LogP contribution is 2.55. The van der Waals surface area contributed by atoms with Gasteiger partial charge in [0.2, 0.25) is 0 Å². The lowest BCUT2D eigenvalue weighted by Gasteiger charge is -2.29. The summed E-state index contributed by atoms with van der Waals surface area (Å²) < 4.78 is 0. The number of rotatable bonds is 14. The zero-order valence-electron chi connectivity index (χ0n) is 72.9. The molecule has 2 nitrogen and oxygen atoms in total. The molecule has 0 saturated carbocycles. The highest BCUT2D eigenvalue weighted by Gasteiger charge is 2.28. The first kappa shape index (κ1) is 78.2. The largest absolute Gasteiger partial charge is 0.310 e. The van der Waals surface area contributed by atoms with Gasteiger partial charge in [-0.2, -0.15) is 0 Å².